The average molecular weight is 354 g/mol. The number of carbonyl (C=O) groups is 1. The van der Waals surface area contributed by atoms with E-state index in [-0.39, 0.29) is 22.8 Å². The van der Waals surface area contributed by atoms with E-state index in [1.165, 1.54) is 0 Å². The minimum Gasteiger partial charge on any atom is -1.00 e. The van der Waals surface area contributed by atoms with Crippen LogP contribution in [0.1, 0.15) is 10.4 Å². The molecule has 0 radical (unpaired) electrons. The van der Waals surface area contributed by atoms with Crippen LogP contribution in [0.2, 0.25) is 0 Å². The molecule has 0 bridgehead atoms. The molecule has 0 saturated carbocycles. The minimum atomic E-state index is 0. The summed E-state index contributed by atoms with van der Waals surface area (Å²) in [5, 5.41) is 0. The number of hydrogen-bond acceptors (Lipinski definition) is 1. The summed E-state index contributed by atoms with van der Waals surface area (Å²) in [5.41, 5.74) is 3.03. The molecule has 0 spiro atoms. The van der Waals surface area contributed by atoms with Gasteiger partial charge in [0.25, 0.3) is 0 Å². The van der Waals surface area contributed by atoms with Crippen molar-refractivity contribution in [2.75, 3.05) is 0 Å². The van der Waals surface area contributed by atoms with Gasteiger partial charge >= 0.3 is 0 Å². The standard InChI is InChI=1S/C19H16NO.BrH/c21-19(15-20-13-5-2-6-14-20)18-11-9-17(10-12-18)16-7-3-1-4-8-16;/h1-14H,15H2;1H/q+1;/p-1. The third-order valence-electron chi connectivity index (χ3n) is 3.42. The maximum absolute atomic E-state index is 12.2. The Hall–Kier alpha value is -2.26. The number of carbonyl (C=O) groups excluding carboxylic acids is 1. The lowest BCUT2D eigenvalue weighted by Crippen LogP contribution is -3.00. The van der Waals surface area contributed by atoms with Crippen molar-refractivity contribution in [3.05, 3.63) is 90.8 Å². The second-order valence-corrected chi connectivity index (χ2v) is 4.91. The number of hydrogen-bond donors (Lipinski definition) is 0. The quantitative estimate of drug-likeness (QED) is 0.495. The normalized spacial score (nSPS) is 9.82. The minimum absolute atomic E-state index is 0. The highest BCUT2D eigenvalue weighted by atomic mass is 79.9. The summed E-state index contributed by atoms with van der Waals surface area (Å²) in [7, 11) is 0. The van der Waals surface area contributed by atoms with E-state index in [1.54, 1.807) is 0 Å². The summed E-state index contributed by atoms with van der Waals surface area (Å²) >= 11 is 0. The number of pyridine rings is 1. The number of aromatic nitrogens is 1. The van der Waals surface area contributed by atoms with E-state index in [9.17, 15) is 4.79 Å². The molecule has 0 unspecified atom stereocenters. The Balaban J connectivity index is 0.00000176. The van der Waals surface area contributed by atoms with Crippen LogP contribution in [0.5, 0.6) is 0 Å². The Morgan fingerprint density at radius 1 is 0.727 bits per heavy atom. The first-order valence-corrected chi connectivity index (χ1v) is 6.96. The van der Waals surface area contributed by atoms with Gasteiger partial charge < -0.3 is 17.0 Å². The van der Waals surface area contributed by atoms with Crippen molar-refractivity contribution in [3.63, 3.8) is 0 Å². The van der Waals surface area contributed by atoms with E-state index in [0.29, 0.717) is 6.54 Å². The van der Waals surface area contributed by atoms with E-state index >= 15 is 0 Å². The summed E-state index contributed by atoms with van der Waals surface area (Å²) < 4.78 is 1.88. The van der Waals surface area contributed by atoms with Gasteiger partial charge in [-0.05, 0) is 11.1 Å². The molecule has 0 N–H and O–H groups in total. The van der Waals surface area contributed by atoms with Crippen LogP contribution in [0.15, 0.2) is 85.2 Å². The number of Topliss-reactive ketones (excluding diaryl/α,β-unsaturated/α-hetero) is 1. The van der Waals surface area contributed by atoms with E-state index in [0.717, 1.165) is 16.7 Å². The fourth-order valence-electron chi connectivity index (χ4n) is 2.28. The summed E-state index contributed by atoms with van der Waals surface area (Å²) in [5.74, 6) is 0.116. The number of benzene rings is 2. The van der Waals surface area contributed by atoms with Crippen LogP contribution in [0.3, 0.4) is 0 Å². The van der Waals surface area contributed by atoms with Gasteiger partial charge in [0.15, 0.2) is 12.4 Å². The fourth-order valence-corrected chi connectivity index (χ4v) is 2.28. The van der Waals surface area contributed by atoms with Crippen LogP contribution in [0.4, 0.5) is 0 Å². The lowest BCUT2D eigenvalue weighted by Gasteiger charge is -2.03. The lowest BCUT2D eigenvalue weighted by molar-refractivity contribution is -0.683. The van der Waals surface area contributed by atoms with Crippen molar-refractivity contribution in [1.29, 1.82) is 0 Å². The van der Waals surface area contributed by atoms with Gasteiger partial charge in [0, 0.05) is 17.7 Å². The smallest absolute Gasteiger partial charge is 0.227 e. The summed E-state index contributed by atoms with van der Waals surface area (Å²) in [6, 6.07) is 23.7. The zero-order chi connectivity index (χ0) is 14.5. The van der Waals surface area contributed by atoms with Crippen LogP contribution in [-0.4, -0.2) is 5.78 Å². The first kappa shape index (κ1) is 16.1. The molecule has 0 fully saturated rings. The summed E-state index contributed by atoms with van der Waals surface area (Å²) in [6.45, 7) is 0.367. The second-order valence-electron chi connectivity index (χ2n) is 4.91. The van der Waals surface area contributed by atoms with Crippen molar-refractivity contribution >= 4 is 5.78 Å². The Morgan fingerprint density at radius 3 is 1.91 bits per heavy atom. The van der Waals surface area contributed by atoms with E-state index in [2.05, 4.69) is 12.1 Å². The molecule has 110 valence electrons. The Kier molecular flexibility index (Phi) is 5.61. The van der Waals surface area contributed by atoms with Gasteiger partial charge in [-0.3, -0.25) is 4.79 Å². The SMILES string of the molecule is O=C(C[n+]1ccccc1)c1ccc(-c2ccccc2)cc1.[Br-]. The monoisotopic (exact) mass is 353 g/mol. The molecule has 3 rings (SSSR count). The maximum Gasteiger partial charge on any atom is 0.227 e. The maximum atomic E-state index is 12.2. The van der Waals surface area contributed by atoms with Crippen molar-refractivity contribution < 1.29 is 26.3 Å². The van der Waals surface area contributed by atoms with Gasteiger partial charge in [-0.25, -0.2) is 0 Å². The van der Waals surface area contributed by atoms with Crippen LogP contribution in [0, 0.1) is 0 Å². The molecule has 0 aliphatic carbocycles. The van der Waals surface area contributed by atoms with Crippen LogP contribution in [-0.2, 0) is 6.54 Å². The van der Waals surface area contributed by atoms with Crippen molar-refractivity contribution in [3.8, 4) is 11.1 Å². The highest BCUT2D eigenvalue weighted by Crippen LogP contribution is 2.19. The number of halogens is 1. The summed E-state index contributed by atoms with van der Waals surface area (Å²) in [4.78, 5) is 12.2. The van der Waals surface area contributed by atoms with Gasteiger partial charge in [-0.2, -0.15) is 4.57 Å². The third kappa shape index (κ3) is 3.89. The largest absolute Gasteiger partial charge is 1.00 e. The lowest BCUT2D eigenvalue weighted by atomic mass is 10.0. The number of rotatable bonds is 4. The topological polar surface area (TPSA) is 20.9 Å². The Bertz CT molecular complexity index is 724. The van der Waals surface area contributed by atoms with Crippen LogP contribution < -0.4 is 21.5 Å². The van der Waals surface area contributed by atoms with Gasteiger partial charge in [0.2, 0.25) is 12.3 Å². The van der Waals surface area contributed by atoms with Gasteiger partial charge in [-0.1, -0.05) is 60.7 Å². The molecule has 0 aliphatic rings. The second kappa shape index (κ2) is 7.66. The Morgan fingerprint density at radius 2 is 1.27 bits per heavy atom. The fraction of sp³-hybridized carbons (Fsp3) is 0.0526. The molecule has 22 heavy (non-hydrogen) atoms. The zero-order valence-corrected chi connectivity index (χ0v) is 13.6. The van der Waals surface area contributed by atoms with Gasteiger partial charge in [0.1, 0.15) is 0 Å². The molecule has 0 aliphatic heterocycles. The third-order valence-corrected chi connectivity index (χ3v) is 3.42. The van der Waals surface area contributed by atoms with Gasteiger partial charge in [0.05, 0.1) is 0 Å². The van der Waals surface area contributed by atoms with E-state index in [4.69, 9.17) is 0 Å². The van der Waals surface area contributed by atoms with Crippen molar-refractivity contribution in [2.45, 2.75) is 6.54 Å². The van der Waals surface area contributed by atoms with Crippen LogP contribution >= 0.6 is 0 Å². The average Bonchev–Trinajstić information content (AvgIpc) is 2.57. The molecular formula is C19H16BrNO. The molecule has 2 nitrogen and oxygen atoms in total. The van der Waals surface area contributed by atoms with Crippen molar-refractivity contribution in [1.82, 2.24) is 0 Å². The van der Waals surface area contributed by atoms with Crippen LogP contribution in [0.25, 0.3) is 11.1 Å². The van der Waals surface area contributed by atoms with Gasteiger partial charge in [-0.15, -0.1) is 0 Å². The van der Waals surface area contributed by atoms with Crippen molar-refractivity contribution in [2.24, 2.45) is 0 Å². The predicted molar refractivity (Wildman–Crippen MR) is 82.8 cm³/mol. The molecule has 0 amide bonds. The molecule has 3 heteroatoms. The first-order chi connectivity index (χ1) is 10.3. The molecule has 1 heterocycles. The number of ketones is 1. The number of nitrogens with zero attached hydrogens (tertiary/aromatic N) is 1. The Labute approximate surface area is 140 Å². The predicted octanol–water partition coefficient (Wildman–Crippen LogP) is 0.528. The molecule has 1 aromatic heterocycles. The molecule has 3 aromatic rings. The molecule has 0 saturated heterocycles. The molecule has 2 aromatic carbocycles. The molecule has 0 atom stereocenters. The highest BCUT2D eigenvalue weighted by Gasteiger charge is 2.11. The first-order valence-electron chi connectivity index (χ1n) is 6.96. The van der Waals surface area contributed by atoms with E-state index < -0.39 is 0 Å². The van der Waals surface area contributed by atoms with E-state index in [1.807, 2.05) is 77.6 Å². The summed E-state index contributed by atoms with van der Waals surface area (Å²) in [6.07, 6.45) is 3.80. The highest BCUT2D eigenvalue weighted by molar-refractivity contribution is 5.95. The molecular weight excluding hydrogens is 338 g/mol. The zero-order valence-electron chi connectivity index (χ0n) is 12.0.